The van der Waals surface area contributed by atoms with E-state index in [0.29, 0.717) is 25.0 Å². The van der Waals surface area contributed by atoms with E-state index in [4.69, 9.17) is 17.3 Å². The molecule has 2 heterocycles. The first-order valence-electron chi connectivity index (χ1n) is 11.1. The predicted octanol–water partition coefficient (Wildman–Crippen LogP) is 3.80. The molecule has 174 valence electrons. The highest BCUT2D eigenvalue weighted by molar-refractivity contribution is 14.0. The van der Waals surface area contributed by atoms with E-state index in [0.717, 1.165) is 62.7 Å². The number of piperidine rings is 1. The minimum atomic E-state index is 0. The number of nitrogens with two attached hydrogens (primary N) is 1. The van der Waals surface area contributed by atoms with Crippen LogP contribution in [-0.4, -0.2) is 61.8 Å². The molecule has 2 fully saturated rings. The maximum Gasteiger partial charge on any atom is 0.191 e. The number of aliphatic imine (C=N–C) groups is 1. The number of benzene rings is 2. The van der Waals surface area contributed by atoms with Gasteiger partial charge in [0.15, 0.2) is 5.96 Å². The van der Waals surface area contributed by atoms with Crippen LogP contribution in [0.2, 0.25) is 5.02 Å². The standard InChI is InChI=1S/C24H32ClN5O.HI/c25-21-3-7-23(8-4-21)29-13-15-30(16-14-29)24(26)27-17-19-1-5-22(6-2-19)28-11-9-20(18-31)10-12-28;/h1-8,20,31H,9-18H2,(H2,26,27);1H. The van der Waals surface area contributed by atoms with Gasteiger partial charge in [0, 0.05) is 62.3 Å². The fourth-order valence-electron chi connectivity index (χ4n) is 4.30. The van der Waals surface area contributed by atoms with Gasteiger partial charge in [-0.05, 0) is 60.7 Å². The Balaban J connectivity index is 0.00000289. The van der Waals surface area contributed by atoms with Crippen LogP contribution in [-0.2, 0) is 6.54 Å². The van der Waals surface area contributed by atoms with Gasteiger partial charge in [0.05, 0.1) is 6.54 Å². The Bertz CT molecular complexity index is 861. The average molecular weight is 570 g/mol. The normalized spacial score (nSPS) is 17.9. The highest BCUT2D eigenvalue weighted by atomic mass is 127. The molecule has 0 radical (unpaired) electrons. The number of rotatable bonds is 5. The molecule has 8 heteroatoms. The zero-order valence-corrected chi connectivity index (χ0v) is 21.5. The summed E-state index contributed by atoms with van der Waals surface area (Å²) in [4.78, 5) is 11.5. The molecule has 2 aliphatic heterocycles. The molecule has 0 spiro atoms. The van der Waals surface area contributed by atoms with Crippen molar-refractivity contribution in [3.63, 3.8) is 0 Å². The molecule has 4 rings (SSSR count). The van der Waals surface area contributed by atoms with Crippen molar-refractivity contribution >= 4 is 52.9 Å². The lowest BCUT2D eigenvalue weighted by molar-refractivity contribution is 0.203. The average Bonchev–Trinajstić information content (AvgIpc) is 2.83. The fourth-order valence-corrected chi connectivity index (χ4v) is 4.43. The molecule has 0 unspecified atom stereocenters. The van der Waals surface area contributed by atoms with Crippen LogP contribution in [0.4, 0.5) is 11.4 Å². The number of hydrogen-bond donors (Lipinski definition) is 2. The van der Waals surface area contributed by atoms with Gasteiger partial charge in [-0.15, -0.1) is 24.0 Å². The number of nitrogens with zero attached hydrogens (tertiary/aromatic N) is 4. The molecule has 0 amide bonds. The van der Waals surface area contributed by atoms with Gasteiger partial charge >= 0.3 is 0 Å². The number of halogens is 2. The van der Waals surface area contributed by atoms with E-state index in [1.165, 1.54) is 11.4 Å². The summed E-state index contributed by atoms with van der Waals surface area (Å²) in [5.41, 5.74) is 9.89. The molecular weight excluding hydrogens is 537 g/mol. The summed E-state index contributed by atoms with van der Waals surface area (Å²) >= 11 is 5.99. The van der Waals surface area contributed by atoms with Gasteiger partial charge in [-0.25, -0.2) is 4.99 Å². The first kappa shape index (κ1) is 24.9. The second kappa shape index (κ2) is 12.0. The summed E-state index contributed by atoms with van der Waals surface area (Å²) in [5.74, 6) is 1.08. The van der Waals surface area contributed by atoms with Gasteiger partial charge in [-0.2, -0.15) is 0 Å². The third-order valence-corrected chi connectivity index (χ3v) is 6.65. The number of piperazine rings is 1. The van der Waals surface area contributed by atoms with Crippen LogP contribution >= 0.6 is 35.6 Å². The number of anilines is 2. The summed E-state index contributed by atoms with van der Waals surface area (Å²) in [6.07, 6.45) is 2.12. The zero-order valence-electron chi connectivity index (χ0n) is 18.4. The third-order valence-electron chi connectivity index (χ3n) is 6.39. The van der Waals surface area contributed by atoms with Crippen molar-refractivity contribution in [2.45, 2.75) is 19.4 Å². The van der Waals surface area contributed by atoms with Gasteiger partial charge in [0.1, 0.15) is 0 Å². The van der Waals surface area contributed by atoms with Crippen LogP contribution in [0.15, 0.2) is 53.5 Å². The van der Waals surface area contributed by atoms with Crippen molar-refractivity contribution in [1.29, 1.82) is 0 Å². The fraction of sp³-hybridized carbons (Fsp3) is 0.458. The quantitative estimate of drug-likeness (QED) is 0.326. The Morgan fingerprint density at radius 2 is 1.41 bits per heavy atom. The zero-order chi connectivity index (χ0) is 21.6. The van der Waals surface area contributed by atoms with Crippen LogP contribution < -0.4 is 15.5 Å². The number of guanidine groups is 1. The maximum atomic E-state index is 9.31. The van der Waals surface area contributed by atoms with Crippen molar-refractivity contribution in [3.8, 4) is 0 Å². The van der Waals surface area contributed by atoms with Crippen LogP contribution in [0.25, 0.3) is 0 Å². The van der Waals surface area contributed by atoms with E-state index < -0.39 is 0 Å². The Kier molecular flexibility index (Phi) is 9.31. The van der Waals surface area contributed by atoms with Crippen LogP contribution in [0, 0.1) is 5.92 Å². The Morgan fingerprint density at radius 3 is 1.97 bits per heavy atom. The molecule has 0 atom stereocenters. The molecule has 32 heavy (non-hydrogen) atoms. The van der Waals surface area contributed by atoms with Gasteiger partial charge < -0.3 is 25.5 Å². The molecule has 0 saturated carbocycles. The Labute approximate surface area is 213 Å². The highest BCUT2D eigenvalue weighted by Crippen LogP contribution is 2.24. The Morgan fingerprint density at radius 1 is 0.875 bits per heavy atom. The van der Waals surface area contributed by atoms with Crippen LogP contribution in [0.5, 0.6) is 0 Å². The smallest absolute Gasteiger partial charge is 0.191 e. The second-order valence-electron chi connectivity index (χ2n) is 8.40. The second-order valence-corrected chi connectivity index (χ2v) is 8.84. The topological polar surface area (TPSA) is 68.3 Å². The van der Waals surface area contributed by atoms with E-state index in [9.17, 15) is 5.11 Å². The highest BCUT2D eigenvalue weighted by Gasteiger charge is 2.19. The largest absolute Gasteiger partial charge is 0.396 e. The minimum Gasteiger partial charge on any atom is -0.396 e. The van der Waals surface area contributed by atoms with Crippen molar-refractivity contribution in [2.24, 2.45) is 16.6 Å². The molecule has 2 aliphatic rings. The molecule has 2 aromatic rings. The third kappa shape index (κ3) is 6.42. The number of hydrogen-bond acceptors (Lipinski definition) is 4. The summed E-state index contributed by atoms with van der Waals surface area (Å²) in [6.45, 7) is 6.48. The molecular formula is C24H33ClIN5O. The van der Waals surface area contributed by atoms with Gasteiger partial charge in [0.25, 0.3) is 0 Å². The summed E-state index contributed by atoms with van der Waals surface area (Å²) in [5, 5.41) is 10.1. The lowest BCUT2D eigenvalue weighted by atomic mass is 9.97. The van der Waals surface area contributed by atoms with Gasteiger partial charge in [0.2, 0.25) is 0 Å². The minimum absolute atomic E-state index is 0. The summed E-state index contributed by atoms with van der Waals surface area (Å²) in [7, 11) is 0. The maximum absolute atomic E-state index is 9.31. The molecule has 0 bridgehead atoms. The van der Waals surface area contributed by atoms with Crippen molar-refractivity contribution < 1.29 is 5.11 Å². The molecule has 6 nitrogen and oxygen atoms in total. The molecule has 2 saturated heterocycles. The van der Waals surface area contributed by atoms with E-state index >= 15 is 0 Å². The van der Waals surface area contributed by atoms with Crippen molar-refractivity contribution in [1.82, 2.24) is 4.90 Å². The number of aliphatic hydroxyl groups is 1. The first-order chi connectivity index (χ1) is 15.1. The van der Waals surface area contributed by atoms with E-state index in [-0.39, 0.29) is 24.0 Å². The van der Waals surface area contributed by atoms with E-state index in [1.807, 2.05) is 12.1 Å². The predicted molar refractivity (Wildman–Crippen MR) is 144 cm³/mol. The van der Waals surface area contributed by atoms with Crippen LogP contribution in [0.3, 0.4) is 0 Å². The first-order valence-corrected chi connectivity index (χ1v) is 11.5. The number of aliphatic hydroxyl groups excluding tert-OH is 1. The monoisotopic (exact) mass is 569 g/mol. The lowest BCUT2D eigenvalue weighted by Crippen LogP contribution is -2.51. The summed E-state index contributed by atoms with van der Waals surface area (Å²) < 4.78 is 0. The van der Waals surface area contributed by atoms with Crippen LogP contribution in [0.1, 0.15) is 18.4 Å². The Hall–Kier alpha value is -1.71. The van der Waals surface area contributed by atoms with Crippen molar-refractivity contribution in [2.75, 3.05) is 55.7 Å². The van der Waals surface area contributed by atoms with E-state index in [2.05, 4.69) is 56.1 Å². The molecule has 3 N–H and O–H groups in total. The van der Waals surface area contributed by atoms with Gasteiger partial charge in [-0.1, -0.05) is 23.7 Å². The van der Waals surface area contributed by atoms with Crippen molar-refractivity contribution in [3.05, 3.63) is 59.1 Å². The summed E-state index contributed by atoms with van der Waals surface area (Å²) in [6, 6.07) is 16.6. The lowest BCUT2D eigenvalue weighted by Gasteiger charge is -2.36. The van der Waals surface area contributed by atoms with Gasteiger partial charge in [-0.3, -0.25) is 0 Å². The molecule has 0 aliphatic carbocycles. The SMILES string of the molecule is I.NC(=NCc1ccc(N2CCC(CO)CC2)cc1)N1CCN(c2ccc(Cl)cc2)CC1. The molecule has 2 aromatic carbocycles. The molecule has 0 aromatic heterocycles. The van der Waals surface area contributed by atoms with E-state index in [1.54, 1.807) is 0 Å².